The van der Waals surface area contributed by atoms with E-state index in [4.69, 9.17) is 14.2 Å². The Hall–Kier alpha value is -2.01. The monoisotopic (exact) mass is 288 g/mol. The number of nitrogens with zero attached hydrogens (tertiary/aromatic N) is 1. The highest BCUT2D eigenvalue weighted by atomic mass is 16.7. The van der Waals surface area contributed by atoms with Crippen molar-refractivity contribution in [3.63, 3.8) is 0 Å². The fraction of sp³-hybridized carbons (Fsp3) is 0.438. The van der Waals surface area contributed by atoms with E-state index in [0.717, 1.165) is 28.1 Å². The standard InChI is InChI=1S/C16H20N2O3/c1-4-21-16(2,3)9-18-15-12-8-14-13(19-10-20-14)7-11(12)5-6-17-15/h5-8H,4,9-10H2,1-3H3,(H,17,18). The molecule has 21 heavy (non-hydrogen) atoms. The van der Waals surface area contributed by atoms with E-state index in [1.54, 1.807) is 6.20 Å². The number of hydrogen-bond donors (Lipinski definition) is 1. The molecule has 3 rings (SSSR count). The third kappa shape index (κ3) is 2.88. The van der Waals surface area contributed by atoms with Crippen LogP contribution in [0.1, 0.15) is 20.8 Å². The Labute approximate surface area is 124 Å². The van der Waals surface area contributed by atoms with Gasteiger partial charge in [0.25, 0.3) is 0 Å². The van der Waals surface area contributed by atoms with E-state index in [0.29, 0.717) is 13.2 Å². The third-order valence-electron chi connectivity index (χ3n) is 3.47. The van der Waals surface area contributed by atoms with Crippen LogP contribution in [0.5, 0.6) is 11.5 Å². The maximum absolute atomic E-state index is 5.70. The van der Waals surface area contributed by atoms with Crippen LogP contribution in [-0.2, 0) is 4.74 Å². The number of pyridine rings is 1. The van der Waals surface area contributed by atoms with Gasteiger partial charge < -0.3 is 19.5 Å². The SMILES string of the molecule is CCOC(C)(C)CNc1nccc2cc3c(cc12)OCO3. The van der Waals surface area contributed by atoms with Gasteiger partial charge in [-0.25, -0.2) is 4.98 Å². The molecule has 1 N–H and O–H groups in total. The second-order valence-corrected chi connectivity index (χ2v) is 5.63. The van der Waals surface area contributed by atoms with Gasteiger partial charge in [0.15, 0.2) is 11.5 Å². The maximum atomic E-state index is 5.70. The molecule has 0 bridgehead atoms. The summed E-state index contributed by atoms with van der Waals surface area (Å²) in [5.74, 6) is 2.38. The van der Waals surface area contributed by atoms with Gasteiger partial charge in [0.1, 0.15) is 5.82 Å². The van der Waals surface area contributed by atoms with Crippen LogP contribution in [0.2, 0.25) is 0 Å². The summed E-state index contributed by atoms with van der Waals surface area (Å²) >= 11 is 0. The summed E-state index contributed by atoms with van der Waals surface area (Å²) in [5.41, 5.74) is -0.241. The van der Waals surface area contributed by atoms with Gasteiger partial charge in [0.05, 0.1) is 5.60 Å². The minimum atomic E-state index is -0.241. The van der Waals surface area contributed by atoms with Crippen molar-refractivity contribution in [2.75, 3.05) is 25.3 Å². The molecule has 1 aliphatic heterocycles. The van der Waals surface area contributed by atoms with Crippen molar-refractivity contribution in [1.82, 2.24) is 4.98 Å². The average molecular weight is 288 g/mol. The smallest absolute Gasteiger partial charge is 0.231 e. The minimum absolute atomic E-state index is 0.241. The summed E-state index contributed by atoms with van der Waals surface area (Å²) in [7, 11) is 0. The molecular weight excluding hydrogens is 268 g/mol. The molecule has 2 aromatic rings. The molecule has 0 unspecified atom stereocenters. The van der Waals surface area contributed by atoms with Crippen molar-refractivity contribution in [1.29, 1.82) is 0 Å². The van der Waals surface area contributed by atoms with E-state index in [1.165, 1.54) is 0 Å². The number of aromatic nitrogens is 1. The van der Waals surface area contributed by atoms with Gasteiger partial charge in [-0.05, 0) is 44.4 Å². The zero-order chi connectivity index (χ0) is 14.9. The molecule has 1 aromatic carbocycles. The Bertz CT molecular complexity index is 655. The molecule has 5 heteroatoms. The predicted octanol–water partition coefficient (Wildman–Crippen LogP) is 3.19. The highest BCUT2D eigenvalue weighted by molar-refractivity contribution is 5.94. The molecule has 0 amide bonds. The lowest BCUT2D eigenvalue weighted by Gasteiger charge is -2.25. The first-order valence-corrected chi connectivity index (χ1v) is 7.15. The molecule has 0 spiro atoms. The number of hydrogen-bond acceptors (Lipinski definition) is 5. The molecule has 0 saturated carbocycles. The molecule has 112 valence electrons. The first-order valence-electron chi connectivity index (χ1n) is 7.15. The summed E-state index contributed by atoms with van der Waals surface area (Å²) in [4.78, 5) is 4.43. The molecule has 5 nitrogen and oxygen atoms in total. The molecule has 0 saturated heterocycles. The third-order valence-corrected chi connectivity index (χ3v) is 3.47. The van der Waals surface area contributed by atoms with Gasteiger partial charge in [-0.15, -0.1) is 0 Å². The topological polar surface area (TPSA) is 52.6 Å². The van der Waals surface area contributed by atoms with Crippen molar-refractivity contribution in [2.45, 2.75) is 26.4 Å². The summed E-state index contributed by atoms with van der Waals surface area (Å²) in [6.45, 7) is 7.77. The quantitative estimate of drug-likeness (QED) is 0.915. The Morgan fingerprint density at radius 2 is 2.05 bits per heavy atom. The number of ether oxygens (including phenoxy) is 3. The van der Waals surface area contributed by atoms with Crippen molar-refractivity contribution < 1.29 is 14.2 Å². The Kier molecular flexibility index (Phi) is 3.59. The van der Waals surface area contributed by atoms with Crippen LogP contribution in [-0.4, -0.2) is 30.5 Å². The number of nitrogens with one attached hydrogen (secondary N) is 1. The van der Waals surface area contributed by atoms with Crippen LogP contribution >= 0.6 is 0 Å². The summed E-state index contributed by atoms with van der Waals surface area (Å²) in [6, 6.07) is 5.93. The largest absolute Gasteiger partial charge is 0.454 e. The lowest BCUT2D eigenvalue weighted by atomic mass is 10.1. The van der Waals surface area contributed by atoms with E-state index in [9.17, 15) is 0 Å². The van der Waals surface area contributed by atoms with Crippen molar-refractivity contribution in [2.24, 2.45) is 0 Å². The highest BCUT2D eigenvalue weighted by Gasteiger charge is 2.19. The Morgan fingerprint density at radius 3 is 2.81 bits per heavy atom. The van der Waals surface area contributed by atoms with E-state index in [-0.39, 0.29) is 12.4 Å². The first-order chi connectivity index (χ1) is 10.1. The molecule has 0 aliphatic carbocycles. The fourth-order valence-corrected chi connectivity index (χ4v) is 2.44. The van der Waals surface area contributed by atoms with Gasteiger partial charge in [-0.1, -0.05) is 0 Å². The van der Waals surface area contributed by atoms with Crippen molar-refractivity contribution >= 4 is 16.6 Å². The molecule has 0 fully saturated rings. The zero-order valence-electron chi connectivity index (χ0n) is 12.6. The van der Waals surface area contributed by atoms with Gasteiger partial charge in [0, 0.05) is 24.7 Å². The number of anilines is 1. The van der Waals surface area contributed by atoms with Crippen LogP contribution < -0.4 is 14.8 Å². The Morgan fingerprint density at radius 1 is 1.29 bits per heavy atom. The summed E-state index contributed by atoms with van der Waals surface area (Å²) in [5, 5.41) is 5.47. The van der Waals surface area contributed by atoms with E-state index >= 15 is 0 Å². The molecule has 0 radical (unpaired) electrons. The van der Waals surface area contributed by atoms with E-state index in [2.05, 4.69) is 24.1 Å². The van der Waals surface area contributed by atoms with Gasteiger partial charge in [-0.3, -0.25) is 0 Å². The highest BCUT2D eigenvalue weighted by Crippen LogP contribution is 2.37. The second kappa shape index (κ2) is 5.41. The Balaban J connectivity index is 1.89. The van der Waals surface area contributed by atoms with Gasteiger partial charge >= 0.3 is 0 Å². The number of rotatable bonds is 5. The number of benzene rings is 1. The van der Waals surface area contributed by atoms with Gasteiger partial charge in [0.2, 0.25) is 6.79 Å². The van der Waals surface area contributed by atoms with E-state index < -0.39 is 0 Å². The lowest BCUT2D eigenvalue weighted by molar-refractivity contribution is 0.000664. The molecule has 1 aromatic heterocycles. The van der Waals surface area contributed by atoms with Crippen LogP contribution in [0.3, 0.4) is 0 Å². The fourth-order valence-electron chi connectivity index (χ4n) is 2.44. The number of fused-ring (bicyclic) bond motifs is 2. The maximum Gasteiger partial charge on any atom is 0.231 e. The molecular formula is C16H20N2O3. The zero-order valence-corrected chi connectivity index (χ0v) is 12.6. The minimum Gasteiger partial charge on any atom is -0.454 e. The van der Waals surface area contributed by atoms with Crippen molar-refractivity contribution in [3.8, 4) is 11.5 Å². The normalized spacial score (nSPS) is 13.7. The molecule has 0 atom stereocenters. The summed E-state index contributed by atoms with van der Waals surface area (Å²) in [6.07, 6.45) is 1.79. The van der Waals surface area contributed by atoms with Gasteiger partial charge in [-0.2, -0.15) is 0 Å². The van der Waals surface area contributed by atoms with Crippen LogP contribution in [0, 0.1) is 0 Å². The lowest BCUT2D eigenvalue weighted by Crippen LogP contribution is -2.33. The van der Waals surface area contributed by atoms with Crippen LogP contribution in [0.15, 0.2) is 24.4 Å². The first kappa shape index (κ1) is 13.9. The van der Waals surface area contributed by atoms with Crippen molar-refractivity contribution in [3.05, 3.63) is 24.4 Å². The molecule has 1 aliphatic rings. The van der Waals surface area contributed by atoms with Crippen LogP contribution in [0.25, 0.3) is 10.8 Å². The van der Waals surface area contributed by atoms with Crippen LogP contribution in [0.4, 0.5) is 5.82 Å². The predicted molar refractivity (Wildman–Crippen MR) is 82.1 cm³/mol. The van der Waals surface area contributed by atoms with E-state index in [1.807, 2.05) is 25.1 Å². The second-order valence-electron chi connectivity index (χ2n) is 5.63. The molecule has 2 heterocycles. The average Bonchev–Trinajstić information content (AvgIpc) is 2.90. The summed E-state index contributed by atoms with van der Waals surface area (Å²) < 4.78 is 16.6.